The van der Waals surface area contributed by atoms with E-state index in [1.807, 2.05) is 12.1 Å². The summed E-state index contributed by atoms with van der Waals surface area (Å²) in [7, 11) is 3.66. The molecule has 2 amide bonds. The lowest BCUT2D eigenvalue weighted by Gasteiger charge is -2.18. The molecule has 30 heavy (non-hydrogen) atoms. The minimum atomic E-state index is -0.794. The first-order valence-corrected chi connectivity index (χ1v) is 11.0. The van der Waals surface area contributed by atoms with E-state index in [2.05, 4.69) is 28.6 Å². The number of fused-ring (bicyclic) bond motifs is 1. The zero-order chi connectivity index (χ0) is 21.5. The maximum Gasteiger partial charge on any atom is 0.414 e. The summed E-state index contributed by atoms with van der Waals surface area (Å²) in [4.78, 5) is 27.4. The summed E-state index contributed by atoms with van der Waals surface area (Å²) in [5.41, 5.74) is 3.27. The highest BCUT2D eigenvalue weighted by Gasteiger charge is 2.22. The number of benzene rings is 1. The number of hydrogen-bond donors (Lipinski definition) is 2. The third-order valence-electron chi connectivity index (χ3n) is 4.96. The van der Waals surface area contributed by atoms with Crippen molar-refractivity contribution in [2.24, 2.45) is 0 Å². The molecule has 2 N–H and O–H groups in total. The van der Waals surface area contributed by atoms with E-state index >= 15 is 0 Å². The Labute approximate surface area is 185 Å². The Kier molecular flexibility index (Phi) is 8.09. The summed E-state index contributed by atoms with van der Waals surface area (Å²) in [5, 5.41) is 5.88. The van der Waals surface area contributed by atoms with Gasteiger partial charge in [-0.05, 0) is 55.3 Å². The summed E-state index contributed by atoms with van der Waals surface area (Å²) in [5.74, 6) is -0.320. The van der Waals surface area contributed by atoms with Gasteiger partial charge in [-0.15, -0.1) is 0 Å². The Morgan fingerprint density at radius 2 is 1.97 bits per heavy atom. The molecule has 7 nitrogen and oxygen atoms in total. The first kappa shape index (κ1) is 22.6. The van der Waals surface area contributed by atoms with Crippen molar-refractivity contribution in [2.45, 2.75) is 25.3 Å². The molecular formula is C21H26ClN3O4S. The van der Waals surface area contributed by atoms with Crippen LogP contribution >= 0.6 is 22.9 Å². The van der Waals surface area contributed by atoms with Crippen LogP contribution in [0.4, 0.5) is 10.5 Å². The summed E-state index contributed by atoms with van der Waals surface area (Å²) < 4.78 is 10.8. The number of nitrogens with one attached hydrogen (secondary N) is 2. The van der Waals surface area contributed by atoms with Gasteiger partial charge in [0.15, 0.2) is 5.06 Å². The summed E-state index contributed by atoms with van der Waals surface area (Å²) in [6.07, 6.45) is 1.54. The van der Waals surface area contributed by atoms with Crippen molar-refractivity contribution < 1.29 is 19.1 Å². The van der Waals surface area contributed by atoms with Gasteiger partial charge in [0, 0.05) is 38.9 Å². The number of likely N-dealkylation sites (N-methyl/N-ethyl adjacent to an activating group) is 1. The highest BCUT2D eigenvalue weighted by Crippen LogP contribution is 2.28. The molecule has 1 unspecified atom stereocenters. The molecule has 0 bridgehead atoms. The van der Waals surface area contributed by atoms with Crippen molar-refractivity contribution in [3.63, 3.8) is 0 Å². The van der Waals surface area contributed by atoms with Crippen molar-refractivity contribution in [1.82, 2.24) is 10.2 Å². The SMILES string of the molecule is COCCC(NC(=O)Oc1ccc(Cl)s1)C(=O)Nc1ccc2c(c1)CCN(C)CC2. The molecule has 0 spiro atoms. The normalized spacial score (nSPS) is 15.0. The van der Waals surface area contributed by atoms with Gasteiger partial charge in [0.2, 0.25) is 5.91 Å². The van der Waals surface area contributed by atoms with E-state index in [1.165, 1.54) is 11.1 Å². The van der Waals surface area contributed by atoms with E-state index in [1.54, 1.807) is 19.2 Å². The number of carbonyl (C=O) groups excluding carboxylic acids is 2. The third kappa shape index (κ3) is 6.43. The first-order valence-electron chi connectivity index (χ1n) is 9.78. The average molecular weight is 452 g/mol. The number of ether oxygens (including phenoxy) is 2. The van der Waals surface area contributed by atoms with Crippen LogP contribution in [0.15, 0.2) is 30.3 Å². The molecule has 0 fully saturated rings. The Balaban J connectivity index is 1.64. The van der Waals surface area contributed by atoms with Gasteiger partial charge in [-0.2, -0.15) is 0 Å². The minimum Gasteiger partial charge on any atom is -0.399 e. The predicted octanol–water partition coefficient (Wildman–Crippen LogP) is 3.56. The van der Waals surface area contributed by atoms with Gasteiger partial charge < -0.3 is 25.0 Å². The number of thiophene rings is 1. The van der Waals surface area contributed by atoms with Crippen molar-refractivity contribution >= 4 is 40.6 Å². The Morgan fingerprint density at radius 1 is 1.20 bits per heavy atom. The molecule has 3 rings (SSSR count). The lowest BCUT2D eigenvalue weighted by Crippen LogP contribution is -2.45. The maximum atomic E-state index is 12.8. The van der Waals surface area contributed by atoms with Gasteiger partial charge in [0.05, 0.1) is 4.34 Å². The molecule has 2 aromatic rings. The number of methoxy groups -OCH3 is 1. The fourth-order valence-electron chi connectivity index (χ4n) is 3.26. The molecule has 1 atom stereocenters. The number of amides is 2. The lowest BCUT2D eigenvalue weighted by molar-refractivity contribution is -0.118. The molecule has 0 saturated carbocycles. The highest BCUT2D eigenvalue weighted by atomic mass is 35.5. The first-order chi connectivity index (χ1) is 14.4. The Hall–Kier alpha value is -2.13. The third-order valence-corrected chi connectivity index (χ3v) is 6.07. The fraction of sp³-hybridized carbons (Fsp3) is 0.429. The molecule has 1 aromatic carbocycles. The predicted molar refractivity (Wildman–Crippen MR) is 119 cm³/mol. The van der Waals surface area contributed by atoms with Gasteiger partial charge in [-0.25, -0.2) is 4.79 Å². The van der Waals surface area contributed by atoms with E-state index in [0.29, 0.717) is 28.1 Å². The van der Waals surface area contributed by atoms with E-state index in [0.717, 1.165) is 37.3 Å². The van der Waals surface area contributed by atoms with E-state index in [-0.39, 0.29) is 5.91 Å². The Bertz CT molecular complexity index is 889. The summed E-state index contributed by atoms with van der Waals surface area (Å²) in [6, 6.07) is 8.44. The van der Waals surface area contributed by atoms with Crippen LogP contribution in [0.2, 0.25) is 4.34 Å². The maximum absolute atomic E-state index is 12.8. The summed E-state index contributed by atoms with van der Waals surface area (Å²) in [6.45, 7) is 2.33. The second-order valence-corrected chi connectivity index (χ2v) is 8.88. The van der Waals surface area contributed by atoms with Crippen molar-refractivity contribution in [1.29, 1.82) is 0 Å². The van der Waals surface area contributed by atoms with Crippen LogP contribution < -0.4 is 15.4 Å². The monoisotopic (exact) mass is 451 g/mol. The van der Waals surface area contributed by atoms with Gasteiger partial charge in [-0.3, -0.25) is 4.79 Å². The number of rotatable bonds is 7. The van der Waals surface area contributed by atoms with E-state index in [4.69, 9.17) is 21.1 Å². The lowest BCUT2D eigenvalue weighted by atomic mass is 10.0. The zero-order valence-electron chi connectivity index (χ0n) is 17.1. The molecule has 0 radical (unpaired) electrons. The number of halogens is 1. The molecule has 162 valence electrons. The summed E-state index contributed by atoms with van der Waals surface area (Å²) >= 11 is 6.99. The molecule has 2 heterocycles. The molecule has 0 saturated heterocycles. The average Bonchev–Trinajstić information content (AvgIpc) is 3.03. The van der Waals surface area contributed by atoms with Crippen LogP contribution in [0.5, 0.6) is 5.06 Å². The van der Waals surface area contributed by atoms with Crippen molar-refractivity contribution in [3.8, 4) is 5.06 Å². The second kappa shape index (κ2) is 10.8. The molecule has 1 aliphatic heterocycles. The quantitative estimate of drug-likeness (QED) is 0.672. The minimum absolute atomic E-state index is 0.318. The molecule has 1 aromatic heterocycles. The van der Waals surface area contributed by atoms with Crippen LogP contribution in [-0.2, 0) is 22.4 Å². The standard InChI is InChI=1S/C21H26ClN3O4S/c1-25-10-7-14-3-4-16(13-15(14)8-11-25)23-20(26)17(9-12-28-2)24-21(27)29-19-6-5-18(22)30-19/h3-6,13,17H,7-12H2,1-2H3,(H,23,26)(H,24,27). The van der Waals surface area contributed by atoms with Crippen LogP contribution in [0.1, 0.15) is 17.5 Å². The topological polar surface area (TPSA) is 79.9 Å². The zero-order valence-corrected chi connectivity index (χ0v) is 18.6. The molecule has 9 heteroatoms. The second-order valence-electron chi connectivity index (χ2n) is 7.20. The number of anilines is 1. The van der Waals surface area contributed by atoms with Crippen molar-refractivity contribution in [3.05, 3.63) is 45.8 Å². The highest BCUT2D eigenvalue weighted by molar-refractivity contribution is 7.17. The van der Waals surface area contributed by atoms with Crippen LogP contribution in [0, 0.1) is 0 Å². The number of carbonyl (C=O) groups is 2. The smallest absolute Gasteiger partial charge is 0.399 e. The molecular weight excluding hydrogens is 426 g/mol. The Morgan fingerprint density at radius 3 is 2.67 bits per heavy atom. The van der Waals surface area contributed by atoms with E-state index < -0.39 is 12.1 Å². The largest absolute Gasteiger partial charge is 0.414 e. The van der Waals surface area contributed by atoms with Gasteiger partial charge in [0.1, 0.15) is 6.04 Å². The van der Waals surface area contributed by atoms with Crippen LogP contribution in [0.3, 0.4) is 0 Å². The fourth-order valence-corrected chi connectivity index (χ4v) is 4.14. The van der Waals surface area contributed by atoms with Gasteiger partial charge in [-0.1, -0.05) is 29.0 Å². The molecule has 1 aliphatic rings. The molecule has 0 aliphatic carbocycles. The van der Waals surface area contributed by atoms with Gasteiger partial charge in [0.25, 0.3) is 0 Å². The van der Waals surface area contributed by atoms with Crippen LogP contribution in [0.25, 0.3) is 0 Å². The number of nitrogens with zero attached hydrogens (tertiary/aromatic N) is 1. The van der Waals surface area contributed by atoms with Crippen LogP contribution in [-0.4, -0.2) is 56.8 Å². The van der Waals surface area contributed by atoms with Gasteiger partial charge >= 0.3 is 6.09 Å². The number of hydrogen-bond acceptors (Lipinski definition) is 6. The van der Waals surface area contributed by atoms with E-state index in [9.17, 15) is 9.59 Å². The van der Waals surface area contributed by atoms with Crippen molar-refractivity contribution in [2.75, 3.05) is 39.2 Å².